The summed E-state index contributed by atoms with van der Waals surface area (Å²) < 4.78 is 5.31. The summed E-state index contributed by atoms with van der Waals surface area (Å²) in [6.45, 7) is 0.491. The SMILES string of the molecule is COc1ccc(Cl)cc1-c1cc(C(=O)NCc2cccs2)[nH]n1. The highest BCUT2D eigenvalue weighted by atomic mass is 35.5. The lowest BCUT2D eigenvalue weighted by Gasteiger charge is -2.05. The molecule has 7 heteroatoms. The van der Waals surface area contributed by atoms with Crippen LogP contribution in [0.3, 0.4) is 0 Å². The van der Waals surface area contributed by atoms with Crippen LogP contribution in [0.4, 0.5) is 0 Å². The fourth-order valence-electron chi connectivity index (χ4n) is 2.13. The number of ether oxygens (including phenoxy) is 1. The Kier molecular flexibility index (Phi) is 4.64. The van der Waals surface area contributed by atoms with E-state index in [1.165, 1.54) is 0 Å². The minimum atomic E-state index is -0.210. The third-order valence-corrected chi connectivity index (χ3v) is 4.37. The lowest BCUT2D eigenvalue weighted by Crippen LogP contribution is -2.22. The van der Waals surface area contributed by atoms with Crippen LogP contribution in [0.5, 0.6) is 5.75 Å². The number of rotatable bonds is 5. The van der Waals surface area contributed by atoms with Crippen LogP contribution >= 0.6 is 22.9 Å². The van der Waals surface area contributed by atoms with Crippen molar-refractivity contribution in [3.8, 4) is 17.0 Å². The summed E-state index contributed by atoms with van der Waals surface area (Å²) in [6, 6.07) is 10.9. The van der Waals surface area contributed by atoms with Crippen molar-refractivity contribution in [2.24, 2.45) is 0 Å². The first-order valence-electron chi connectivity index (χ1n) is 6.87. The van der Waals surface area contributed by atoms with Gasteiger partial charge in [0, 0.05) is 15.5 Å². The van der Waals surface area contributed by atoms with Gasteiger partial charge in [-0.25, -0.2) is 0 Å². The Bertz CT molecular complexity index is 815. The van der Waals surface area contributed by atoms with Crippen molar-refractivity contribution in [2.75, 3.05) is 7.11 Å². The Morgan fingerprint density at radius 1 is 1.39 bits per heavy atom. The Balaban J connectivity index is 1.77. The van der Waals surface area contributed by atoms with Crippen molar-refractivity contribution < 1.29 is 9.53 Å². The third kappa shape index (κ3) is 3.55. The molecule has 3 aromatic rings. The number of carbonyl (C=O) groups is 1. The van der Waals surface area contributed by atoms with Gasteiger partial charge in [0.05, 0.1) is 19.3 Å². The highest BCUT2D eigenvalue weighted by molar-refractivity contribution is 7.09. The topological polar surface area (TPSA) is 67.0 Å². The average Bonchev–Trinajstić information content (AvgIpc) is 3.24. The Morgan fingerprint density at radius 3 is 3.00 bits per heavy atom. The van der Waals surface area contributed by atoms with Gasteiger partial charge in [-0.15, -0.1) is 11.3 Å². The quantitative estimate of drug-likeness (QED) is 0.739. The number of thiophene rings is 1. The molecule has 0 saturated carbocycles. The van der Waals surface area contributed by atoms with Crippen LogP contribution in [0.1, 0.15) is 15.4 Å². The lowest BCUT2D eigenvalue weighted by molar-refractivity contribution is 0.0946. The molecule has 3 rings (SSSR count). The monoisotopic (exact) mass is 347 g/mol. The van der Waals surface area contributed by atoms with Gasteiger partial charge in [0.1, 0.15) is 11.4 Å². The number of aromatic amines is 1. The second-order valence-corrected chi connectivity index (χ2v) is 6.24. The predicted octanol–water partition coefficient (Wildman–Crippen LogP) is 3.73. The van der Waals surface area contributed by atoms with Crippen LogP contribution in [0.2, 0.25) is 5.02 Å². The molecule has 0 bridgehead atoms. The molecule has 2 N–H and O–H groups in total. The largest absolute Gasteiger partial charge is 0.496 e. The zero-order valence-electron chi connectivity index (χ0n) is 12.3. The van der Waals surface area contributed by atoms with Crippen molar-refractivity contribution in [1.82, 2.24) is 15.5 Å². The summed E-state index contributed by atoms with van der Waals surface area (Å²) in [5.41, 5.74) is 1.72. The molecule has 0 spiro atoms. The fraction of sp³-hybridized carbons (Fsp3) is 0.125. The fourth-order valence-corrected chi connectivity index (χ4v) is 2.95. The summed E-state index contributed by atoms with van der Waals surface area (Å²) in [4.78, 5) is 13.3. The normalized spacial score (nSPS) is 10.5. The number of amides is 1. The maximum absolute atomic E-state index is 12.2. The molecular weight excluding hydrogens is 334 g/mol. The van der Waals surface area contributed by atoms with E-state index in [0.29, 0.717) is 28.7 Å². The summed E-state index contributed by atoms with van der Waals surface area (Å²) in [5, 5.41) is 12.3. The van der Waals surface area contributed by atoms with Gasteiger partial charge in [-0.2, -0.15) is 5.10 Å². The third-order valence-electron chi connectivity index (χ3n) is 3.26. The second kappa shape index (κ2) is 6.85. The van der Waals surface area contributed by atoms with Gasteiger partial charge in [0.15, 0.2) is 0 Å². The molecule has 1 aromatic carbocycles. The first kappa shape index (κ1) is 15.6. The van der Waals surface area contributed by atoms with Gasteiger partial charge in [0.25, 0.3) is 5.91 Å². The molecule has 0 atom stereocenters. The van der Waals surface area contributed by atoms with E-state index in [4.69, 9.17) is 16.3 Å². The molecule has 0 saturated heterocycles. The van der Waals surface area contributed by atoms with Crippen molar-refractivity contribution in [1.29, 1.82) is 0 Å². The lowest BCUT2D eigenvalue weighted by atomic mass is 10.1. The number of hydrogen-bond donors (Lipinski definition) is 2. The maximum atomic E-state index is 12.2. The molecule has 2 heterocycles. The molecule has 118 valence electrons. The number of aromatic nitrogens is 2. The van der Waals surface area contributed by atoms with Crippen molar-refractivity contribution in [3.63, 3.8) is 0 Å². The second-order valence-electron chi connectivity index (χ2n) is 4.77. The summed E-state index contributed by atoms with van der Waals surface area (Å²) >= 11 is 7.63. The van der Waals surface area contributed by atoms with Crippen LogP contribution in [-0.4, -0.2) is 23.2 Å². The first-order valence-corrected chi connectivity index (χ1v) is 8.13. The van der Waals surface area contributed by atoms with Crippen LogP contribution in [0.15, 0.2) is 41.8 Å². The molecule has 23 heavy (non-hydrogen) atoms. The molecule has 5 nitrogen and oxygen atoms in total. The number of H-pyrrole nitrogens is 1. The van der Waals surface area contributed by atoms with Gasteiger partial charge < -0.3 is 10.1 Å². The molecule has 0 aliphatic rings. The number of hydrogen-bond acceptors (Lipinski definition) is 4. The highest BCUT2D eigenvalue weighted by Crippen LogP contribution is 2.31. The minimum Gasteiger partial charge on any atom is -0.496 e. The average molecular weight is 348 g/mol. The number of halogens is 1. The van der Waals surface area contributed by atoms with Crippen molar-refractivity contribution in [3.05, 3.63) is 57.4 Å². The van der Waals surface area contributed by atoms with Crippen molar-refractivity contribution >= 4 is 28.8 Å². The summed E-state index contributed by atoms with van der Waals surface area (Å²) in [6.07, 6.45) is 0. The van der Waals surface area contributed by atoms with Crippen LogP contribution in [0, 0.1) is 0 Å². The van der Waals surface area contributed by atoms with Crippen LogP contribution in [0.25, 0.3) is 11.3 Å². The molecule has 0 aliphatic carbocycles. The molecular formula is C16H14ClN3O2S. The minimum absolute atomic E-state index is 0.210. The zero-order valence-corrected chi connectivity index (χ0v) is 13.9. The summed E-state index contributed by atoms with van der Waals surface area (Å²) in [7, 11) is 1.58. The molecule has 0 fully saturated rings. The highest BCUT2D eigenvalue weighted by Gasteiger charge is 2.14. The standard InChI is InChI=1S/C16H14ClN3O2S/c1-22-15-5-4-10(17)7-12(15)13-8-14(20-19-13)16(21)18-9-11-3-2-6-23-11/h2-8H,9H2,1H3,(H,18,21)(H,19,20). The molecule has 1 amide bonds. The number of nitrogens with one attached hydrogen (secondary N) is 2. The van der Waals surface area contributed by atoms with Crippen LogP contribution < -0.4 is 10.1 Å². The van der Waals surface area contributed by atoms with Gasteiger partial charge in [0.2, 0.25) is 0 Å². The van der Waals surface area contributed by atoms with E-state index in [-0.39, 0.29) is 5.91 Å². The van der Waals surface area contributed by atoms with E-state index >= 15 is 0 Å². The zero-order chi connectivity index (χ0) is 16.2. The van der Waals surface area contributed by atoms with E-state index in [1.807, 2.05) is 17.5 Å². The van der Waals surface area contributed by atoms with E-state index in [9.17, 15) is 4.79 Å². The number of carbonyl (C=O) groups excluding carboxylic acids is 1. The predicted molar refractivity (Wildman–Crippen MR) is 91.1 cm³/mol. The van der Waals surface area contributed by atoms with E-state index in [2.05, 4.69) is 15.5 Å². The number of benzene rings is 1. The summed E-state index contributed by atoms with van der Waals surface area (Å²) in [5.74, 6) is 0.435. The van der Waals surface area contributed by atoms with E-state index < -0.39 is 0 Å². The molecule has 2 aromatic heterocycles. The van der Waals surface area contributed by atoms with Crippen LogP contribution in [-0.2, 0) is 6.54 Å². The van der Waals surface area contributed by atoms with E-state index in [0.717, 1.165) is 10.4 Å². The van der Waals surface area contributed by atoms with Gasteiger partial charge in [-0.3, -0.25) is 9.89 Å². The number of nitrogens with zero attached hydrogens (tertiary/aromatic N) is 1. The molecule has 0 aliphatic heterocycles. The van der Waals surface area contributed by atoms with E-state index in [1.54, 1.807) is 42.7 Å². The van der Waals surface area contributed by atoms with Gasteiger partial charge >= 0.3 is 0 Å². The smallest absolute Gasteiger partial charge is 0.269 e. The Morgan fingerprint density at radius 2 is 2.26 bits per heavy atom. The number of methoxy groups -OCH3 is 1. The maximum Gasteiger partial charge on any atom is 0.269 e. The van der Waals surface area contributed by atoms with Crippen molar-refractivity contribution in [2.45, 2.75) is 6.54 Å². The van der Waals surface area contributed by atoms with Gasteiger partial charge in [-0.05, 0) is 35.7 Å². The van der Waals surface area contributed by atoms with Gasteiger partial charge in [-0.1, -0.05) is 17.7 Å². The molecule has 0 unspecified atom stereocenters. The Hall–Kier alpha value is -2.31. The first-order chi connectivity index (χ1) is 11.2. The molecule has 0 radical (unpaired) electrons. The Labute approximate surface area is 142 Å².